The number of hydrogen-bond donors (Lipinski definition) is 1. The smallest absolute Gasteiger partial charge is 0.416 e. The number of carbonyl (C=O) groups is 1. The molecule has 0 saturated heterocycles. The summed E-state index contributed by atoms with van der Waals surface area (Å²) in [5.74, 6) is -1.10. The second-order valence-corrected chi connectivity index (χ2v) is 5.75. The molecule has 0 aromatic heterocycles. The van der Waals surface area contributed by atoms with Gasteiger partial charge in [0.05, 0.1) is 19.1 Å². The van der Waals surface area contributed by atoms with Gasteiger partial charge in [0.25, 0.3) is 0 Å². The molecule has 2 aromatic rings. The highest BCUT2D eigenvalue weighted by molar-refractivity contribution is 5.74. The fourth-order valence-electron chi connectivity index (χ4n) is 2.60. The lowest BCUT2D eigenvalue weighted by Crippen LogP contribution is -2.14. The lowest BCUT2D eigenvalue weighted by molar-refractivity contribution is -0.140. The van der Waals surface area contributed by atoms with Crippen LogP contribution in [0, 0.1) is 5.82 Å². The van der Waals surface area contributed by atoms with Gasteiger partial charge in [-0.05, 0) is 53.1 Å². The molecule has 0 radical (unpaired) electrons. The molecule has 0 fully saturated rings. The number of carbonyl (C=O) groups excluding carboxylic acids is 1. The third-order valence-electron chi connectivity index (χ3n) is 3.84. The molecule has 0 atom stereocenters. The van der Waals surface area contributed by atoms with E-state index in [0.717, 1.165) is 12.1 Å². The first kappa shape index (κ1) is 19.9. The Kier molecular flexibility index (Phi) is 6.37. The van der Waals surface area contributed by atoms with Gasteiger partial charge in [0.1, 0.15) is 5.82 Å². The highest BCUT2D eigenvalue weighted by atomic mass is 19.4. The number of hydrogen-bond acceptors (Lipinski definition) is 3. The van der Waals surface area contributed by atoms with Crippen molar-refractivity contribution in [2.75, 3.05) is 13.7 Å². The summed E-state index contributed by atoms with van der Waals surface area (Å²) in [6.07, 6.45) is -4.58. The van der Waals surface area contributed by atoms with E-state index >= 15 is 0 Å². The number of methoxy groups -OCH3 is 1. The fourth-order valence-corrected chi connectivity index (χ4v) is 2.60. The van der Waals surface area contributed by atoms with Gasteiger partial charge in [-0.25, -0.2) is 4.39 Å². The summed E-state index contributed by atoms with van der Waals surface area (Å²) in [6, 6.07) is 7.37. The van der Waals surface area contributed by atoms with Gasteiger partial charge >= 0.3 is 12.1 Å². The van der Waals surface area contributed by atoms with Crippen LogP contribution in [0.4, 0.5) is 17.6 Å². The molecule has 2 aromatic carbocycles. The molecule has 0 aliphatic carbocycles. The predicted molar refractivity (Wildman–Crippen MR) is 89.9 cm³/mol. The first-order valence-corrected chi connectivity index (χ1v) is 8.02. The van der Waals surface area contributed by atoms with Gasteiger partial charge in [0.2, 0.25) is 0 Å². The number of alkyl halides is 3. The Morgan fingerprint density at radius 1 is 1.15 bits per heavy atom. The van der Waals surface area contributed by atoms with Crippen molar-refractivity contribution in [3.63, 3.8) is 0 Å². The first-order chi connectivity index (χ1) is 12.2. The van der Waals surface area contributed by atoms with Crippen molar-refractivity contribution in [1.29, 1.82) is 0 Å². The topological polar surface area (TPSA) is 38.3 Å². The van der Waals surface area contributed by atoms with Crippen LogP contribution in [0.15, 0.2) is 36.4 Å². The van der Waals surface area contributed by atoms with E-state index in [-0.39, 0.29) is 13.0 Å². The van der Waals surface area contributed by atoms with E-state index in [0.29, 0.717) is 28.8 Å². The minimum Gasteiger partial charge on any atom is -0.469 e. The summed E-state index contributed by atoms with van der Waals surface area (Å²) >= 11 is 0. The van der Waals surface area contributed by atoms with Crippen LogP contribution in [0.5, 0.6) is 0 Å². The van der Waals surface area contributed by atoms with Crippen LogP contribution in [0.1, 0.15) is 23.6 Å². The Balaban J connectivity index is 2.50. The summed E-state index contributed by atoms with van der Waals surface area (Å²) in [4.78, 5) is 11.4. The van der Waals surface area contributed by atoms with Gasteiger partial charge in [0.15, 0.2) is 0 Å². The minimum atomic E-state index is -4.46. The molecule has 0 heterocycles. The zero-order chi connectivity index (χ0) is 19.3. The van der Waals surface area contributed by atoms with Crippen molar-refractivity contribution < 1.29 is 27.1 Å². The average Bonchev–Trinajstić information content (AvgIpc) is 2.58. The van der Waals surface area contributed by atoms with Crippen LogP contribution in [-0.2, 0) is 28.7 Å². The molecule has 0 spiro atoms. The van der Waals surface area contributed by atoms with Crippen LogP contribution in [0.2, 0.25) is 0 Å². The van der Waals surface area contributed by atoms with Gasteiger partial charge in [-0.1, -0.05) is 19.1 Å². The lowest BCUT2D eigenvalue weighted by atomic mass is 9.95. The van der Waals surface area contributed by atoms with E-state index in [2.05, 4.69) is 10.1 Å². The van der Waals surface area contributed by atoms with Crippen LogP contribution < -0.4 is 5.32 Å². The molecule has 7 heteroatoms. The van der Waals surface area contributed by atoms with Crippen LogP contribution in [-0.4, -0.2) is 19.6 Å². The van der Waals surface area contributed by atoms with E-state index in [1.165, 1.54) is 25.3 Å². The summed E-state index contributed by atoms with van der Waals surface area (Å²) in [6.45, 7) is 2.62. The van der Waals surface area contributed by atoms with Crippen molar-refractivity contribution in [1.82, 2.24) is 5.32 Å². The van der Waals surface area contributed by atoms with Crippen LogP contribution in [0.25, 0.3) is 11.1 Å². The largest absolute Gasteiger partial charge is 0.469 e. The molecule has 1 N–H and O–H groups in total. The maximum Gasteiger partial charge on any atom is 0.416 e. The lowest BCUT2D eigenvalue weighted by Gasteiger charge is -2.15. The van der Waals surface area contributed by atoms with Gasteiger partial charge in [0, 0.05) is 6.54 Å². The highest BCUT2D eigenvalue weighted by Gasteiger charge is 2.31. The summed E-state index contributed by atoms with van der Waals surface area (Å²) in [5.41, 5.74) is 0.910. The molecule has 0 aliphatic rings. The Morgan fingerprint density at radius 3 is 2.50 bits per heavy atom. The van der Waals surface area contributed by atoms with Crippen molar-refractivity contribution in [3.8, 4) is 11.1 Å². The number of rotatable bonds is 6. The second-order valence-electron chi connectivity index (χ2n) is 5.75. The molecule has 0 bridgehead atoms. The van der Waals surface area contributed by atoms with E-state index in [9.17, 15) is 22.4 Å². The van der Waals surface area contributed by atoms with Gasteiger partial charge in [-0.2, -0.15) is 13.2 Å². The van der Waals surface area contributed by atoms with Crippen molar-refractivity contribution in [2.45, 2.75) is 26.1 Å². The summed E-state index contributed by atoms with van der Waals surface area (Å²) in [5, 5.41) is 2.99. The van der Waals surface area contributed by atoms with E-state index in [1.54, 1.807) is 6.07 Å². The van der Waals surface area contributed by atoms with Crippen molar-refractivity contribution in [2.24, 2.45) is 0 Å². The van der Waals surface area contributed by atoms with Gasteiger partial charge in [-0.3, -0.25) is 4.79 Å². The summed E-state index contributed by atoms with van der Waals surface area (Å²) < 4.78 is 57.6. The molecule has 140 valence electrons. The van der Waals surface area contributed by atoms with E-state index < -0.39 is 23.5 Å². The Bertz CT molecular complexity index is 788. The third-order valence-corrected chi connectivity index (χ3v) is 3.84. The standard InChI is InChI=1S/C19H19F4NO2/c1-3-24-11-14-9-15(19(21,22)23)4-5-17(14)13-6-12(7-16(20)10-13)8-18(25)26-2/h4-7,9-10,24H,3,8,11H2,1-2H3. The zero-order valence-corrected chi connectivity index (χ0v) is 14.4. The first-order valence-electron chi connectivity index (χ1n) is 8.02. The fraction of sp³-hybridized carbons (Fsp3) is 0.316. The number of nitrogens with one attached hydrogen (secondary N) is 1. The normalized spacial score (nSPS) is 11.5. The minimum absolute atomic E-state index is 0.121. The maximum atomic E-state index is 14.0. The van der Waals surface area contributed by atoms with Crippen molar-refractivity contribution in [3.05, 3.63) is 58.9 Å². The number of halogens is 4. The average molecular weight is 369 g/mol. The third kappa shape index (κ3) is 5.05. The molecule has 3 nitrogen and oxygen atoms in total. The number of benzene rings is 2. The van der Waals surface area contributed by atoms with Crippen LogP contribution in [0.3, 0.4) is 0 Å². The number of esters is 1. The number of ether oxygens (including phenoxy) is 1. The molecule has 2 rings (SSSR count). The van der Waals surface area contributed by atoms with E-state index in [1.807, 2.05) is 6.92 Å². The molecule has 0 saturated carbocycles. The molecule has 0 aliphatic heterocycles. The van der Waals surface area contributed by atoms with Crippen molar-refractivity contribution >= 4 is 5.97 Å². The zero-order valence-electron chi connectivity index (χ0n) is 14.4. The molecule has 0 unspecified atom stereocenters. The molecular formula is C19H19F4NO2. The Labute approximate surface area is 149 Å². The Morgan fingerprint density at radius 2 is 1.88 bits per heavy atom. The quantitative estimate of drug-likeness (QED) is 0.608. The SMILES string of the molecule is CCNCc1cc(C(F)(F)F)ccc1-c1cc(F)cc(CC(=O)OC)c1. The Hall–Kier alpha value is -2.41. The molecular weight excluding hydrogens is 350 g/mol. The molecule has 26 heavy (non-hydrogen) atoms. The second kappa shape index (κ2) is 8.31. The van der Waals surface area contributed by atoms with Gasteiger partial charge < -0.3 is 10.1 Å². The monoisotopic (exact) mass is 369 g/mol. The predicted octanol–water partition coefficient (Wildman–Crippen LogP) is 4.34. The maximum absolute atomic E-state index is 14.0. The van der Waals surface area contributed by atoms with Gasteiger partial charge in [-0.15, -0.1) is 0 Å². The van der Waals surface area contributed by atoms with E-state index in [4.69, 9.17) is 0 Å². The molecule has 0 amide bonds. The van der Waals surface area contributed by atoms with Crippen LogP contribution >= 0.6 is 0 Å². The summed E-state index contributed by atoms with van der Waals surface area (Å²) in [7, 11) is 1.23. The highest BCUT2D eigenvalue weighted by Crippen LogP contribution is 2.34.